The summed E-state index contributed by atoms with van der Waals surface area (Å²) in [5.74, 6) is 1.13. The Morgan fingerprint density at radius 2 is 1.93 bits per heavy atom. The van der Waals surface area contributed by atoms with Crippen molar-refractivity contribution in [3.05, 3.63) is 18.2 Å². The lowest BCUT2D eigenvalue weighted by Crippen LogP contribution is -2.09. The van der Waals surface area contributed by atoms with E-state index in [1.807, 2.05) is 17.0 Å². The Kier molecular flexibility index (Phi) is 6.09. The van der Waals surface area contributed by atoms with Crippen molar-refractivity contribution in [2.24, 2.45) is 5.73 Å². The van der Waals surface area contributed by atoms with Gasteiger partial charge < -0.3 is 10.3 Å². The van der Waals surface area contributed by atoms with Crippen LogP contribution in [0.3, 0.4) is 0 Å². The molecule has 0 aliphatic heterocycles. The van der Waals surface area contributed by atoms with E-state index in [2.05, 4.69) is 11.9 Å². The third-order valence-electron chi connectivity index (χ3n) is 2.75. The third kappa shape index (κ3) is 4.47. The number of aromatic nitrogens is 2. The molecule has 1 aromatic heterocycles. The summed E-state index contributed by atoms with van der Waals surface area (Å²) in [6.07, 6.45) is 12.8. The van der Waals surface area contributed by atoms with E-state index >= 15 is 0 Å². The largest absolute Gasteiger partial charge is 0.322 e. The summed E-state index contributed by atoms with van der Waals surface area (Å²) in [5.41, 5.74) is 5.59. The van der Waals surface area contributed by atoms with Gasteiger partial charge in [0.25, 0.3) is 0 Å². The zero-order valence-electron chi connectivity index (χ0n) is 9.78. The standard InChI is InChI=1S/C12H23N3/c1-2-3-4-5-6-7-8-12-14-9-10-15(12)11-13/h9-10H,2-8,11,13H2,1H3. The first-order valence-electron chi connectivity index (χ1n) is 6.08. The van der Waals surface area contributed by atoms with Gasteiger partial charge in [0.05, 0.1) is 6.67 Å². The molecule has 0 saturated carbocycles. The normalized spacial score (nSPS) is 10.8. The molecule has 1 rings (SSSR count). The van der Waals surface area contributed by atoms with Crippen molar-refractivity contribution in [2.45, 2.75) is 58.5 Å². The number of imidazole rings is 1. The molecule has 0 aliphatic carbocycles. The van der Waals surface area contributed by atoms with Crippen molar-refractivity contribution in [1.82, 2.24) is 9.55 Å². The van der Waals surface area contributed by atoms with Crippen molar-refractivity contribution < 1.29 is 0 Å². The Hall–Kier alpha value is -0.830. The second-order valence-corrected chi connectivity index (χ2v) is 4.01. The Morgan fingerprint density at radius 1 is 1.20 bits per heavy atom. The molecule has 2 N–H and O–H groups in total. The Labute approximate surface area is 92.7 Å². The van der Waals surface area contributed by atoms with Crippen LogP contribution in [0, 0.1) is 0 Å². The van der Waals surface area contributed by atoms with Gasteiger partial charge in [-0.1, -0.05) is 39.0 Å². The number of rotatable bonds is 8. The molecule has 0 atom stereocenters. The van der Waals surface area contributed by atoms with Crippen molar-refractivity contribution in [1.29, 1.82) is 0 Å². The molecule has 1 heterocycles. The molecule has 1 aromatic rings. The van der Waals surface area contributed by atoms with Crippen LogP contribution in [0.15, 0.2) is 12.4 Å². The fourth-order valence-electron chi connectivity index (χ4n) is 1.80. The minimum atomic E-state index is 0.547. The molecule has 0 radical (unpaired) electrons. The van der Waals surface area contributed by atoms with Gasteiger partial charge in [0.1, 0.15) is 5.82 Å². The summed E-state index contributed by atoms with van der Waals surface area (Å²) in [4.78, 5) is 4.30. The fourth-order valence-corrected chi connectivity index (χ4v) is 1.80. The maximum Gasteiger partial charge on any atom is 0.109 e. The molecule has 0 unspecified atom stereocenters. The van der Waals surface area contributed by atoms with Crippen LogP contribution in [0.1, 0.15) is 51.3 Å². The summed E-state index contributed by atoms with van der Waals surface area (Å²) in [5, 5.41) is 0. The maximum absolute atomic E-state index is 5.59. The minimum Gasteiger partial charge on any atom is -0.322 e. The smallest absolute Gasteiger partial charge is 0.109 e. The van der Waals surface area contributed by atoms with Crippen LogP contribution in [0.5, 0.6) is 0 Å². The summed E-state index contributed by atoms with van der Waals surface area (Å²) in [7, 11) is 0. The lowest BCUT2D eigenvalue weighted by Gasteiger charge is -2.04. The Bertz CT molecular complexity index is 255. The Balaban J connectivity index is 2.09. The minimum absolute atomic E-state index is 0.547. The van der Waals surface area contributed by atoms with Gasteiger partial charge in [0.15, 0.2) is 0 Å². The first-order valence-corrected chi connectivity index (χ1v) is 6.08. The number of hydrogen-bond donors (Lipinski definition) is 1. The van der Waals surface area contributed by atoms with Crippen LogP contribution < -0.4 is 5.73 Å². The van der Waals surface area contributed by atoms with Crippen molar-refractivity contribution in [2.75, 3.05) is 0 Å². The van der Waals surface area contributed by atoms with E-state index in [-0.39, 0.29) is 0 Å². The summed E-state index contributed by atoms with van der Waals surface area (Å²) >= 11 is 0. The second kappa shape index (κ2) is 7.46. The first kappa shape index (κ1) is 12.2. The van der Waals surface area contributed by atoms with Gasteiger partial charge in [-0.25, -0.2) is 4.98 Å². The molecular weight excluding hydrogens is 186 g/mol. The lowest BCUT2D eigenvalue weighted by atomic mass is 10.1. The van der Waals surface area contributed by atoms with Crippen LogP contribution in [0.25, 0.3) is 0 Å². The van der Waals surface area contributed by atoms with E-state index < -0.39 is 0 Å². The van der Waals surface area contributed by atoms with Crippen LogP contribution in [-0.4, -0.2) is 9.55 Å². The van der Waals surface area contributed by atoms with Gasteiger partial charge in [0.2, 0.25) is 0 Å². The van der Waals surface area contributed by atoms with Gasteiger partial charge in [-0.05, 0) is 6.42 Å². The molecule has 86 valence electrons. The van der Waals surface area contributed by atoms with E-state index in [1.54, 1.807) is 0 Å². The van der Waals surface area contributed by atoms with Gasteiger partial charge in [-0.2, -0.15) is 0 Å². The molecule has 0 aliphatic rings. The molecule has 0 aromatic carbocycles. The van der Waals surface area contributed by atoms with E-state index in [4.69, 9.17) is 5.73 Å². The molecule has 0 bridgehead atoms. The maximum atomic E-state index is 5.59. The third-order valence-corrected chi connectivity index (χ3v) is 2.75. The van der Waals surface area contributed by atoms with Crippen molar-refractivity contribution in [3.8, 4) is 0 Å². The highest BCUT2D eigenvalue weighted by atomic mass is 15.1. The van der Waals surface area contributed by atoms with Crippen molar-refractivity contribution in [3.63, 3.8) is 0 Å². The molecule has 0 spiro atoms. The van der Waals surface area contributed by atoms with E-state index in [1.165, 1.54) is 38.5 Å². The number of unbranched alkanes of at least 4 members (excludes halogenated alkanes) is 5. The summed E-state index contributed by atoms with van der Waals surface area (Å²) in [6.45, 7) is 2.79. The number of aryl methyl sites for hydroxylation is 1. The molecule has 15 heavy (non-hydrogen) atoms. The Morgan fingerprint density at radius 3 is 2.67 bits per heavy atom. The molecular formula is C12H23N3. The quantitative estimate of drug-likeness (QED) is 0.669. The molecule has 0 amide bonds. The average Bonchev–Trinajstić information content (AvgIpc) is 2.70. The lowest BCUT2D eigenvalue weighted by molar-refractivity contribution is 0.585. The van der Waals surface area contributed by atoms with Crippen molar-refractivity contribution >= 4 is 0 Å². The summed E-state index contributed by atoms with van der Waals surface area (Å²) < 4.78 is 2.02. The van der Waals surface area contributed by atoms with Gasteiger partial charge in [-0.15, -0.1) is 0 Å². The zero-order valence-corrected chi connectivity index (χ0v) is 9.78. The van der Waals surface area contributed by atoms with Gasteiger partial charge in [0, 0.05) is 18.8 Å². The molecule has 3 nitrogen and oxygen atoms in total. The molecule has 0 fully saturated rings. The summed E-state index contributed by atoms with van der Waals surface area (Å²) in [6, 6.07) is 0. The SMILES string of the molecule is CCCCCCCCc1nccn1CN. The van der Waals surface area contributed by atoms with E-state index in [9.17, 15) is 0 Å². The molecule has 3 heteroatoms. The number of nitrogens with two attached hydrogens (primary N) is 1. The van der Waals surface area contributed by atoms with Crippen LogP contribution >= 0.6 is 0 Å². The molecule has 0 saturated heterocycles. The first-order chi connectivity index (χ1) is 7.38. The second-order valence-electron chi connectivity index (χ2n) is 4.01. The van der Waals surface area contributed by atoms with Crippen LogP contribution in [0.2, 0.25) is 0 Å². The predicted molar refractivity (Wildman–Crippen MR) is 63.5 cm³/mol. The monoisotopic (exact) mass is 209 g/mol. The van der Waals surface area contributed by atoms with E-state index in [0.717, 1.165) is 12.2 Å². The number of nitrogens with zero attached hydrogens (tertiary/aromatic N) is 2. The topological polar surface area (TPSA) is 43.8 Å². The number of hydrogen-bond acceptors (Lipinski definition) is 2. The average molecular weight is 209 g/mol. The van der Waals surface area contributed by atoms with Crippen LogP contribution in [0.4, 0.5) is 0 Å². The highest BCUT2D eigenvalue weighted by molar-refractivity contribution is 4.91. The van der Waals surface area contributed by atoms with Gasteiger partial charge in [-0.3, -0.25) is 0 Å². The van der Waals surface area contributed by atoms with Crippen LogP contribution in [-0.2, 0) is 13.1 Å². The zero-order chi connectivity index (χ0) is 10.9. The van der Waals surface area contributed by atoms with Gasteiger partial charge >= 0.3 is 0 Å². The highest BCUT2D eigenvalue weighted by Gasteiger charge is 2.00. The predicted octanol–water partition coefficient (Wildman–Crippen LogP) is 2.70. The van der Waals surface area contributed by atoms with E-state index in [0.29, 0.717) is 6.67 Å². The fraction of sp³-hybridized carbons (Fsp3) is 0.750. The highest BCUT2D eigenvalue weighted by Crippen LogP contribution is 2.08.